The first-order valence-electron chi connectivity index (χ1n) is 19.8. The van der Waals surface area contributed by atoms with Gasteiger partial charge in [-0.2, -0.15) is 0 Å². The fourth-order valence-electron chi connectivity index (χ4n) is 7.56. The Bertz CT molecular complexity index is 2080. The summed E-state index contributed by atoms with van der Waals surface area (Å²) in [6.45, 7) is 1.24. The van der Waals surface area contributed by atoms with Crippen LogP contribution in [0.5, 0.6) is 23.0 Å². The van der Waals surface area contributed by atoms with E-state index in [1.807, 2.05) is 0 Å². The number of phenolic OH excluding ortho intramolecular Hbond substituents is 2. The van der Waals surface area contributed by atoms with Crippen LogP contribution in [0.2, 0.25) is 0 Å². The zero-order valence-electron chi connectivity index (χ0n) is 33.3. The van der Waals surface area contributed by atoms with E-state index < -0.39 is 164 Å². The molecular formula is C39H50O24. The van der Waals surface area contributed by atoms with Crippen molar-refractivity contribution in [1.29, 1.82) is 0 Å². The average molecular weight is 903 g/mol. The van der Waals surface area contributed by atoms with Gasteiger partial charge in [-0.25, -0.2) is 0 Å². The second-order valence-electron chi connectivity index (χ2n) is 15.7. The Balaban J connectivity index is 1.27. The standard InChI is InChI=1S/C39H50O24/c1-11-21(43)26(48)30(52)36(56-11)55-10-19-24(46)29(51)35(63-37-31(53)27(49)22(44)12(2)57-37)39(61-19)62-34-25(47)20-16(42)7-15(58-38-32(54)28(50)23(45)18(9-40)60-38)8-17(20)59-33(34)13-3-5-14(41)6-4-13/h3-8,11-12,18-19,21-24,26-32,35-46,48-54H,9-10H2,1-2H3/t11-,12-,18+,19+,21-,22-,23+,24-,26+,27+,28-,29-,30+,31+,32+,35+,36+,37-,38+,39-/m0/s1. The van der Waals surface area contributed by atoms with Gasteiger partial charge in [-0.3, -0.25) is 4.79 Å². The summed E-state index contributed by atoms with van der Waals surface area (Å²) in [6.07, 6.45) is -34.0. The van der Waals surface area contributed by atoms with Crippen molar-refractivity contribution in [3.63, 3.8) is 0 Å². The lowest BCUT2D eigenvalue weighted by atomic mass is 9.97. The minimum absolute atomic E-state index is 0.0468. The zero-order valence-corrected chi connectivity index (χ0v) is 33.3. The lowest BCUT2D eigenvalue weighted by Crippen LogP contribution is -2.65. The minimum atomic E-state index is -2.07. The number of rotatable bonds is 11. The van der Waals surface area contributed by atoms with E-state index in [-0.39, 0.29) is 22.6 Å². The summed E-state index contributed by atoms with van der Waals surface area (Å²) in [7, 11) is 0. The van der Waals surface area contributed by atoms with E-state index in [2.05, 4.69) is 0 Å². The molecule has 4 aliphatic rings. The van der Waals surface area contributed by atoms with Crippen LogP contribution in [0.1, 0.15) is 13.8 Å². The molecule has 20 atom stereocenters. The topological polar surface area (TPSA) is 387 Å². The summed E-state index contributed by atoms with van der Waals surface area (Å²) in [5, 5.41) is 147. The number of fused-ring (bicyclic) bond motifs is 1. The number of ether oxygens (including phenoxy) is 8. The Labute approximate surface area is 355 Å². The molecule has 4 fully saturated rings. The third-order valence-corrected chi connectivity index (χ3v) is 11.3. The summed E-state index contributed by atoms with van der Waals surface area (Å²) in [5.41, 5.74) is -1.46. The third-order valence-electron chi connectivity index (χ3n) is 11.3. The highest BCUT2D eigenvalue weighted by molar-refractivity contribution is 5.88. The molecular weight excluding hydrogens is 852 g/mol. The van der Waals surface area contributed by atoms with Crippen molar-refractivity contribution in [1.82, 2.24) is 0 Å². The van der Waals surface area contributed by atoms with Gasteiger partial charge in [0.1, 0.15) is 108 Å². The van der Waals surface area contributed by atoms with Gasteiger partial charge >= 0.3 is 0 Å². The molecule has 350 valence electrons. The molecule has 0 saturated carbocycles. The van der Waals surface area contributed by atoms with Gasteiger partial charge in [0.25, 0.3) is 0 Å². The Morgan fingerprint density at radius 2 is 1.14 bits per heavy atom. The van der Waals surface area contributed by atoms with E-state index in [4.69, 9.17) is 42.3 Å². The fourth-order valence-corrected chi connectivity index (χ4v) is 7.56. The number of aromatic hydroxyl groups is 2. The molecule has 3 aromatic rings. The second-order valence-corrected chi connectivity index (χ2v) is 15.7. The van der Waals surface area contributed by atoms with Gasteiger partial charge in [0.05, 0.1) is 25.4 Å². The fraction of sp³-hybridized carbons (Fsp3) is 0.615. The number of phenols is 2. The van der Waals surface area contributed by atoms with Crippen LogP contribution < -0.4 is 14.9 Å². The SMILES string of the molecule is C[C@@H]1O[C@@H](OC[C@H]2O[C@@H](Oc3c(-c4ccc(O)cc4)oc4cc(O[C@@H]5O[C@H](CO)[C@@H](O)[C@H](O)[C@H]5O)cc(O)c4c3=O)[C@H](O[C@@H]3O[C@@H](C)[C@H](O)[C@@H](O)[C@H]3O)[C@@H](O)[C@H]2O)[C@H](O)[C@H](O)[C@H]1O. The summed E-state index contributed by atoms with van der Waals surface area (Å²) in [4.78, 5) is 14.5. The van der Waals surface area contributed by atoms with Gasteiger partial charge in [0, 0.05) is 17.7 Å². The van der Waals surface area contributed by atoms with Crippen molar-refractivity contribution in [2.75, 3.05) is 13.2 Å². The Kier molecular flexibility index (Phi) is 14.1. The smallest absolute Gasteiger partial charge is 0.239 e. The molecule has 0 radical (unpaired) electrons. The van der Waals surface area contributed by atoms with Crippen LogP contribution in [0.4, 0.5) is 0 Å². The monoisotopic (exact) mass is 902 g/mol. The van der Waals surface area contributed by atoms with Crippen molar-refractivity contribution in [3.05, 3.63) is 46.6 Å². The predicted molar refractivity (Wildman–Crippen MR) is 202 cm³/mol. The quantitative estimate of drug-likeness (QED) is 0.0856. The van der Waals surface area contributed by atoms with Crippen LogP contribution in [0, 0.1) is 0 Å². The minimum Gasteiger partial charge on any atom is -0.508 e. The molecule has 24 nitrogen and oxygen atoms in total. The number of benzene rings is 2. The zero-order chi connectivity index (χ0) is 45.8. The Morgan fingerprint density at radius 1 is 0.587 bits per heavy atom. The first-order chi connectivity index (χ1) is 29.8. The van der Waals surface area contributed by atoms with Crippen molar-refractivity contribution in [2.45, 2.75) is 137 Å². The summed E-state index contributed by atoms with van der Waals surface area (Å²) in [6, 6.07) is 7.03. The van der Waals surface area contributed by atoms with Crippen LogP contribution in [-0.4, -0.2) is 208 Å². The lowest BCUT2D eigenvalue weighted by molar-refractivity contribution is -0.360. The van der Waals surface area contributed by atoms with Gasteiger partial charge in [-0.1, -0.05) is 0 Å². The highest BCUT2D eigenvalue weighted by Gasteiger charge is 2.52. The Hall–Kier alpha value is -3.87. The van der Waals surface area contributed by atoms with Crippen LogP contribution in [0.15, 0.2) is 45.6 Å². The van der Waals surface area contributed by atoms with Crippen molar-refractivity contribution >= 4 is 11.0 Å². The molecule has 5 heterocycles. The molecule has 2 aromatic carbocycles. The molecule has 14 N–H and O–H groups in total. The van der Waals surface area contributed by atoms with Crippen LogP contribution in [-0.2, 0) is 28.4 Å². The van der Waals surface area contributed by atoms with Crippen molar-refractivity contribution in [3.8, 4) is 34.3 Å². The molecule has 4 aliphatic heterocycles. The van der Waals surface area contributed by atoms with Gasteiger partial charge in [0.15, 0.2) is 24.4 Å². The lowest BCUT2D eigenvalue weighted by Gasteiger charge is -2.46. The van der Waals surface area contributed by atoms with Crippen LogP contribution in [0.25, 0.3) is 22.3 Å². The number of hydrogen-bond acceptors (Lipinski definition) is 24. The normalized spacial score (nSPS) is 41.0. The summed E-state index contributed by atoms with van der Waals surface area (Å²) in [5.74, 6) is -2.50. The van der Waals surface area contributed by atoms with Crippen LogP contribution in [0.3, 0.4) is 0 Å². The number of aliphatic hydroxyl groups excluding tert-OH is 12. The molecule has 0 spiro atoms. The summed E-state index contributed by atoms with van der Waals surface area (Å²) >= 11 is 0. The molecule has 0 amide bonds. The average Bonchev–Trinajstić information content (AvgIpc) is 3.25. The van der Waals surface area contributed by atoms with Gasteiger partial charge in [0.2, 0.25) is 23.8 Å². The molecule has 63 heavy (non-hydrogen) atoms. The predicted octanol–water partition coefficient (Wildman–Crippen LogP) is -5.07. The van der Waals surface area contributed by atoms with E-state index in [1.54, 1.807) is 0 Å². The van der Waals surface area contributed by atoms with E-state index in [9.17, 15) is 76.3 Å². The van der Waals surface area contributed by atoms with Crippen molar-refractivity contribution in [2.24, 2.45) is 0 Å². The van der Waals surface area contributed by atoms with E-state index in [1.165, 1.54) is 38.1 Å². The van der Waals surface area contributed by atoms with Crippen molar-refractivity contribution < 1.29 is 114 Å². The Morgan fingerprint density at radius 3 is 1.78 bits per heavy atom. The molecule has 24 heteroatoms. The molecule has 0 bridgehead atoms. The summed E-state index contributed by atoms with van der Waals surface area (Å²) < 4.78 is 51.8. The second kappa shape index (κ2) is 18.9. The first-order valence-corrected chi connectivity index (χ1v) is 19.8. The number of hydrogen-bond donors (Lipinski definition) is 14. The number of aliphatic hydroxyl groups is 12. The maximum Gasteiger partial charge on any atom is 0.239 e. The van der Waals surface area contributed by atoms with Gasteiger partial charge < -0.3 is 114 Å². The van der Waals surface area contributed by atoms with Crippen LogP contribution >= 0.6 is 0 Å². The molecule has 1 aromatic heterocycles. The maximum atomic E-state index is 14.5. The highest BCUT2D eigenvalue weighted by atomic mass is 16.8. The molecule has 7 rings (SSSR count). The third kappa shape index (κ3) is 9.19. The van der Waals surface area contributed by atoms with E-state index >= 15 is 0 Å². The largest absolute Gasteiger partial charge is 0.508 e. The van der Waals surface area contributed by atoms with E-state index in [0.717, 1.165) is 12.1 Å². The molecule has 4 saturated heterocycles. The molecule has 0 aliphatic carbocycles. The molecule has 0 unspecified atom stereocenters. The van der Waals surface area contributed by atoms with Gasteiger partial charge in [-0.15, -0.1) is 0 Å². The highest BCUT2D eigenvalue weighted by Crippen LogP contribution is 2.40. The van der Waals surface area contributed by atoms with Gasteiger partial charge in [-0.05, 0) is 38.1 Å². The van der Waals surface area contributed by atoms with E-state index in [0.29, 0.717) is 0 Å². The first kappa shape index (κ1) is 47.1. The maximum absolute atomic E-state index is 14.5.